The van der Waals surface area contributed by atoms with Crippen LogP contribution in [0.3, 0.4) is 0 Å². The van der Waals surface area contributed by atoms with E-state index in [0.29, 0.717) is 22.6 Å². The fourth-order valence-corrected chi connectivity index (χ4v) is 6.48. The average Bonchev–Trinajstić information content (AvgIpc) is 3.70. The fraction of sp³-hybridized carbons (Fsp3) is 0.296. The van der Waals surface area contributed by atoms with Crippen LogP contribution in [-0.2, 0) is 13.1 Å². The summed E-state index contributed by atoms with van der Waals surface area (Å²) < 4.78 is 45.8. The zero-order chi connectivity index (χ0) is 26.3. The number of halogens is 3. The number of hydrogen-bond donors (Lipinski definition) is 1. The lowest BCUT2D eigenvalue weighted by Gasteiger charge is -2.11. The van der Waals surface area contributed by atoms with Crippen molar-refractivity contribution < 1.29 is 13.2 Å². The molecule has 0 spiro atoms. The zero-order valence-corrected chi connectivity index (χ0v) is 22.3. The van der Waals surface area contributed by atoms with Gasteiger partial charge in [-0.1, -0.05) is 23.5 Å². The van der Waals surface area contributed by atoms with Crippen LogP contribution in [0.25, 0.3) is 31.7 Å². The van der Waals surface area contributed by atoms with Crippen LogP contribution in [0.5, 0.6) is 0 Å². The molecule has 6 nitrogen and oxygen atoms in total. The molecule has 11 heteroatoms. The second kappa shape index (κ2) is 10.1. The van der Waals surface area contributed by atoms with E-state index in [1.165, 1.54) is 41.7 Å². The van der Waals surface area contributed by atoms with Crippen LogP contribution in [0.15, 0.2) is 59.1 Å². The van der Waals surface area contributed by atoms with Gasteiger partial charge in [-0.2, -0.15) is 18.3 Å². The fourth-order valence-electron chi connectivity index (χ4n) is 4.86. The molecule has 1 aliphatic heterocycles. The number of anilines is 1. The highest BCUT2D eigenvalue weighted by molar-refractivity contribution is 7.22. The lowest BCUT2D eigenvalue weighted by molar-refractivity contribution is -0.0580. The molecular formula is C27H25F3N6S2. The van der Waals surface area contributed by atoms with Gasteiger partial charge in [-0.3, -0.25) is 10.3 Å². The Morgan fingerprint density at radius 2 is 1.92 bits per heavy atom. The number of fused-ring (bicyclic) bond motifs is 2. The number of hydrazone groups is 1. The van der Waals surface area contributed by atoms with E-state index in [0.717, 1.165) is 46.1 Å². The molecule has 0 unspecified atom stereocenters. The number of rotatable bonds is 7. The van der Waals surface area contributed by atoms with E-state index in [1.54, 1.807) is 6.07 Å². The molecule has 1 fully saturated rings. The molecule has 0 aliphatic carbocycles. The van der Waals surface area contributed by atoms with Gasteiger partial charge in [0.05, 0.1) is 15.9 Å². The summed E-state index contributed by atoms with van der Waals surface area (Å²) in [5, 5.41) is 7.49. The molecule has 0 amide bonds. The van der Waals surface area contributed by atoms with E-state index < -0.39 is 11.9 Å². The summed E-state index contributed by atoms with van der Waals surface area (Å²) in [6.45, 7) is 5.41. The number of nitrogens with one attached hydrogen (secondary N) is 1. The van der Waals surface area contributed by atoms with Gasteiger partial charge < -0.3 is 4.57 Å². The Kier molecular flexibility index (Phi) is 6.67. The molecular weight excluding hydrogens is 529 g/mol. The number of aromatic nitrogens is 3. The maximum atomic E-state index is 14.4. The van der Waals surface area contributed by atoms with E-state index in [9.17, 15) is 13.2 Å². The lowest BCUT2D eigenvalue weighted by Crippen LogP contribution is -2.25. The minimum Gasteiger partial charge on any atom is -0.347 e. The second-order valence-electron chi connectivity index (χ2n) is 9.24. The van der Waals surface area contributed by atoms with Crippen molar-refractivity contribution in [1.82, 2.24) is 19.4 Å². The molecule has 1 N–H and O–H groups in total. The van der Waals surface area contributed by atoms with Crippen LogP contribution in [0, 0.1) is 0 Å². The smallest absolute Gasteiger partial charge is 0.347 e. The van der Waals surface area contributed by atoms with E-state index in [4.69, 9.17) is 4.98 Å². The summed E-state index contributed by atoms with van der Waals surface area (Å²) in [6, 6.07) is 13.0. The third kappa shape index (κ3) is 4.93. The molecule has 6 rings (SSSR count). The van der Waals surface area contributed by atoms with Crippen molar-refractivity contribution in [3.63, 3.8) is 0 Å². The van der Waals surface area contributed by atoms with Crippen LogP contribution in [0.4, 0.5) is 18.3 Å². The van der Waals surface area contributed by atoms with Crippen molar-refractivity contribution in [2.24, 2.45) is 5.10 Å². The van der Waals surface area contributed by atoms with Gasteiger partial charge in [-0.05, 0) is 63.2 Å². The molecule has 0 atom stereocenters. The first kappa shape index (κ1) is 25.0. The van der Waals surface area contributed by atoms with Crippen LogP contribution >= 0.6 is 22.7 Å². The highest BCUT2D eigenvalue weighted by Crippen LogP contribution is 2.34. The maximum Gasteiger partial charge on any atom is 0.435 e. The van der Waals surface area contributed by atoms with Crippen molar-refractivity contribution in [2.45, 2.75) is 39.0 Å². The largest absolute Gasteiger partial charge is 0.435 e. The predicted octanol–water partition coefficient (Wildman–Crippen LogP) is 7.37. The summed E-state index contributed by atoms with van der Waals surface area (Å²) in [7, 11) is 0. The lowest BCUT2D eigenvalue weighted by atomic mass is 10.1. The first-order valence-electron chi connectivity index (χ1n) is 12.5. The van der Waals surface area contributed by atoms with Gasteiger partial charge in [0.2, 0.25) is 5.13 Å². The summed E-state index contributed by atoms with van der Waals surface area (Å²) >= 11 is 2.78. The Bertz CT molecular complexity index is 1590. The van der Waals surface area contributed by atoms with Crippen LogP contribution in [0.2, 0.25) is 0 Å². The Labute approximate surface area is 225 Å². The van der Waals surface area contributed by atoms with E-state index in [2.05, 4.69) is 20.4 Å². The maximum absolute atomic E-state index is 14.4. The molecule has 1 saturated heterocycles. The molecule has 38 heavy (non-hydrogen) atoms. The third-order valence-corrected chi connectivity index (χ3v) is 8.57. The SMILES string of the molecule is CCn1cc(/C(=N/Nc2nc3ccccc3s2)C(F)(F)F)c2cc(-c3nc(CN4CCCC4)cs3)ccc21. The molecule has 4 heterocycles. The Balaban J connectivity index is 1.38. The third-order valence-electron chi connectivity index (χ3n) is 6.69. The second-order valence-corrected chi connectivity index (χ2v) is 11.1. The highest BCUT2D eigenvalue weighted by Gasteiger charge is 2.39. The van der Waals surface area contributed by atoms with Gasteiger partial charge in [-0.15, -0.1) is 11.3 Å². The highest BCUT2D eigenvalue weighted by atomic mass is 32.1. The molecule has 1 aliphatic rings. The van der Waals surface area contributed by atoms with Gasteiger partial charge in [0.25, 0.3) is 0 Å². The number of para-hydroxylation sites is 1. The first-order chi connectivity index (χ1) is 18.4. The standard InChI is InChI=1S/C27H25F3N6S2/c1-2-36-15-20(24(27(28,29)30)33-34-26-32-21-7-3-4-8-23(21)38-26)19-13-17(9-10-22(19)36)25-31-18(16-37-25)14-35-11-5-6-12-35/h3-4,7-10,13,15-16H,2,5-6,11-12,14H2,1H3,(H,32,34)/b33-24-. The number of aryl methyl sites for hydroxylation is 1. The van der Waals surface area contributed by atoms with Gasteiger partial charge in [0.15, 0.2) is 5.71 Å². The Morgan fingerprint density at radius 3 is 2.68 bits per heavy atom. The van der Waals surface area contributed by atoms with Gasteiger partial charge >= 0.3 is 6.18 Å². The normalized spacial score (nSPS) is 15.2. The topological polar surface area (TPSA) is 58.3 Å². The van der Waals surface area contributed by atoms with Crippen molar-refractivity contribution in [2.75, 3.05) is 18.5 Å². The van der Waals surface area contributed by atoms with Crippen molar-refractivity contribution in [3.05, 3.63) is 65.3 Å². The quantitative estimate of drug-likeness (QED) is 0.169. The van der Waals surface area contributed by atoms with Crippen molar-refractivity contribution in [1.29, 1.82) is 0 Å². The summed E-state index contributed by atoms with van der Waals surface area (Å²) in [4.78, 5) is 11.5. The molecule has 0 saturated carbocycles. The number of nitrogens with zero attached hydrogens (tertiary/aromatic N) is 5. The predicted molar refractivity (Wildman–Crippen MR) is 149 cm³/mol. The number of hydrogen-bond acceptors (Lipinski definition) is 7. The average molecular weight is 555 g/mol. The monoisotopic (exact) mass is 554 g/mol. The molecule has 3 aromatic heterocycles. The number of likely N-dealkylation sites (tertiary alicyclic amines) is 1. The van der Waals surface area contributed by atoms with Gasteiger partial charge in [0, 0.05) is 46.7 Å². The summed E-state index contributed by atoms with van der Waals surface area (Å²) in [5.74, 6) is 0. The molecule has 5 aromatic rings. The van der Waals surface area contributed by atoms with Crippen LogP contribution in [-0.4, -0.2) is 44.4 Å². The van der Waals surface area contributed by atoms with Crippen LogP contribution in [0.1, 0.15) is 31.0 Å². The Hall–Kier alpha value is -3.28. The minimum atomic E-state index is -4.67. The van der Waals surface area contributed by atoms with Crippen LogP contribution < -0.4 is 5.43 Å². The molecule has 0 radical (unpaired) electrons. The Morgan fingerprint density at radius 1 is 1.11 bits per heavy atom. The molecule has 2 aromatic carbocycles. The van der Waals surface area contributed by atoms with E-state index in [1.807, 2.05) is 53.3 Å². The zero-order valence-electron chi connectivity index (χ0n) is 20.6. The first-order valence-corrected chi connectivity index (χ1v) is 14.2. The molecule has 196 valence electrons. The summed E-state index contributed by atoms with van der Waals surface area (Å²) in [5.41, 5.74) is 4.83. The van der Waals surface area contributed by atoms with Crippen molar-refractivity contribution in [3.8, 4) is 10.6 Å². The van der Waals surface area contributed by atoms with Gasteiger partial charge in [-0.25, -0.2) is 9.97 Å². The summed E-state index contributed by atoms with van der Waals surface area (Å²) in [6.07, 6.45) is -0.721. The minimum absolute atomic E-state index is 0.0265. The number of alkyl halides is 3. The number of thiazole rings is 2. The van der Waals surface area contributed by atoms with Gasteiger partial charge in [0.1, 0.15) is 5.01 Å². The van der Waals surface area contributed by atoms with Crippen molar-refractivity contribution >= 4 is 54.6 Å². The molecule has 0 bridgehead atoms. The van der Waals surface area contributed by atoms with E-state index >= 15 is 0 Å². The van der Waals surface area contributed by atoms with E-state index in [-0.39, 0.29) is 5.56 Å². The number of benzene rings is 2.